The second-order valence-electron chi connectivity index (χ2n) is 7.98. The molecule has 1 aliphatic carbocycles. The van der Waals surface area contributed by atoms with Gasteiger partial charge in [-0.15, -0.1) is 0 Å². The van der Waals surface area contributed by atoms with Crippen LogP contribution in [0.2, 0.25) is 0 Å². The lowest BCUT2D eigenvalue weighted by Gasteiger charge is -2.15. The normalized spacial score (nSPS) is 14.8. The molecule has 1 fully saturated rings. The smallest absolute Gasteiger partial charge is 0.242 e. The Hall–Kier alpha value is -2.38. The Kier molecular flexibility index (Phi) is 7.15. The van der Waals surface area contributed by atoms with Crippen molar-refractivity contribution >= 4 is 21.6 Å². The lowest BCUT2D eigenvalue weighted by molar-refractivity contribution is -0.116. The molecule has 3 rings (SSSR count). The molecular formula is C23H30N2O4S. The number of nitrogens with one attached hydrogen (secondary N) is 1. The van der Waals surface area contributed by atoms with Crippen LogP contribution in [-0.2, 0) is 21.2 Å². The van der Waals surface area contributed by atoms with Crippen molar-refractivity contribution in [1.29, 1.82) is 0 Å². The molecule has 0 unspecified atom stereocenters. The zero-order chi connectivity index (χ0) is 21.7. The highest BCUT2D eigenvalue weighted by atomic mass is 32.2. The topological polar surface area (TPSA) is 75.7 Å². The predicted molar refractivity (Wildman–Crippen MR) is 118 cm³/mol. The number of amides is 1. The molecule has 30 heavy (non-hydrogen) atoms. The van der Waals surface area contributed by atoms with Gasteiger partial charge < -0.3 is 10.1 Å². The summed E-state index contributed by atoms with van der Waals surface area (Å²) in [4.78, 5) is 12.7. The molecule has 0 bridgehead atoms. The van der Waals surface area contributed by atoms with E-state index in [1.165, 1.54) is 33.0 Å². The molecule has 0 atom stereocenters. The number of carbonyl (C=O) groups excluding carboxylic acids is 1. The first-order valence-corrected chi connectivity index (χ1v) is 11.8. The molecule has 162 valence electrons. The van der Waals surface area contributed by atoms with Gasteiger partial charge in [0, 0.05) is 26.2 Å². The van der Waals surface area contributed by atoms with Gasteiger partial charge in [0.15, 0.2) is 0 Å². The van der Waals surface area contributed by atoms with Crippen molar-refractivity contribution in [3.05, 3.63) is 53.6 Å². The highest BCUT2D eigenvalue weighted by Gasteiger charge is 2.19. The summed E-state index contributed by atoms with van der Waals surface area (Å²) >= 11 is 0. The minimum absolute atomic E-state index is 0.153. The van der Waals surface area contributed by atoms with E-state index in [4.69, 9.17) is 4.74 Å². The van der Waals surface area contributed by atoms with Crippen molar-refractivity contribution in [3.63, 3.8) is 0 Å². The van der Waals surface area contributed by atoms with Crippen molar-refractivity contribution in [3.8, 4) is 5.75 Å². The van der Waals surface area contributed by atoms with Gasteiger partial charge in [0.05, 0.1) is 11.0 Å². The molecule has 0 aromatic heterocycles. The largest absolute Gasteiger partial charge is 0.490 e. The van der Waals surface area contributed by atoms with E-state index in [9.17, 15) is 13.2 Å². The monoisotopic (exact) mass is 430 g/mol. The number of rotatable bonds is 8. The molecule has 2 aromatic carbocycles. The molecule has 0 heterocycles. The first-order chi connectivity index (χ1) is 14.3. The quantitative estimate of drug-likeness (QED) is 0.683. The molecule has 7 heteroatoms. The van der Waals surface area contributed by atoms with Crippen LogP contribution in [0.25, 0.3) is 0 Å². The summed E-state index contributed by atoms with van der Waals surface area (Å²) in [6.45, 7) is 1.84. The molecule has 0 spiro atoms. The highest BCUT2D eigenvalue weighted by Crippen LogP contribution is 2.25. The number of benzene rings is 2. The van der Waals surface area contributed by atoms with Gasteiger partial charge in [0.2, 0.25) is 15.9 Å². The molecule has 6 nitrogen and oxygen atoms in total. The minimum Gasteiger partial charge on any atom is -0.490 e. The highest BCUT2D eigenvalue weighted by molar-refractivity contribution is 7.89. The van der Waals surface area contributed by atoms with Crippen molar-refractivity contribution in [2.24, 2.45) is 0 Å². The molecule has 1 saturated carbocycles. The Labute approximate surface area is 179 Å². The standard InChI is InChI=1S/C23H30N2O4S/c1-17-11-13-21(30(27,28)25(2)3)16-22(17)24-23(26)14-12-18-7-6-10-20(15-18)29-19-8-4-5-9-19/h6-7,10-11,13,15-16,19H,4-5,8-9,12,14H2,1-3H3,(H,24,26). The summed E-state index contributed by atoms with van der Waals surface area (Å²) in [5.41, 5.74) is 2.37. The molecule has 1 amide bonds. The Morgan fingerprint density at radius 2 is 1.87 bits per heavy atom. The molecule has 0 saturated heterocycles. The second kappa shape index (κ2) is 9.62. The predicted octanol–water partition coefficient (Wildman–Crippen LogP) is 4.14. The molecule has 1 N–H and O–H groups in total. The van der Waals surface area contributed by atoms with Gasteiger partial charge >= 0.3 is 0 Å². The first kappa shape index (κ1) is 22.3. The van der Waals surface area contributed by atoms with Crippen LogP contribution in [0.5, 0.6) is 5.75 Å². The van der Waals surface area contributed by atoms with Crippen LogP contribution in [0.15, 0.2) is 47.4 Å². The number of hydrogen-bond acceptors (Lipinski definition) is 4. The van der Waals surface area contributed by atoms with Crippen molar-refractivity contribution < 1.29 is 17.9 Å². The van der Waals surface area contributed by atoms with E-state index in [0.29, 0.717) is 24.6 Å². The van der Waals surface area contributed by atoms with Gasteiger partial charge in [-0.05, 0) is 74.4 Å². The van der Waals surface area contributed by atoms with Crippen molar-refractivity contribution in [1.82, 2.24) is 4.31 Å². The van der Waals surface area contributed by atoms with Crippen LogP contribution in [0, 0.1) is 6.92 Å². The zero-order valence-electron chi connectivity index (χ0n) is 17.8. The Balaban J connectivity index is 1.61. The fourth-order valence-electron chi connectivity index (χ4n) is 3.55. The summed E-state index contributed by atoms with van der Waals surface area (Å²) in [6, 6.07) is 12.7. The number of ether oxygens (including phenoxy) is 1. The number of anilines is 1. The number of nitrogens with zero attached hydrogens (tertiary/aromatic N) is 1. The third kappa shape index (κ3) is 5.61. The van der Waals surface area contributed by atoms with Gasteiger partial charge in [-0.25, -0.2) is 12.7 Å². The van der Waals surface area contributed by atoms with Crippen molar-refractivity contribution in [2.75, 3.05) is 19.4 Å². The Morgan fingerprint density at radius 1 is 1.13 bits per heavy atom. The van der Waals surface area contributed by atoms with E-state index >= 15 is 0 Å². The summed E-state index contributed by atoms with van der Waals surface area (Å²) in [5, 5.41) is 2.85. The van der Waals surface area contributed by atoms with E-state index in [1.54, 1.807) is 12.1 Å². The summed E-state index contributed by atoms with van der Waals surface area (Å²) in [6.07, 6.45) is 5.85. The number of aryl methyl sites for hydroxylation is 2. The minimum atomic E-state index is -3.55. The second-order valence-corrected chi connectivity index (χ2v) is 10.1. The maximum Gasteiger partial charge on any atom is 0.242 e. The third-order valence-electron chi connectivity index (χ3n) is 5.41. The number of carbonyl (C=O) groups is 1. The lowest BCUT2D eigenvalue weighted by Crippen LogP contribution is -2.22. The van der Waals surface area contributed by atoms with Gasteiger partial charge in [0.1, 0.15) is 5.75 Å². The molecular weight excluding hydrogens is 400 g/mol. The molecule has 1 aliphatic rings. The molecule has 2 aromatic rings. The molecule has 0 radical (unpaired) electrons. The average molecular weight is 431 g/mol. The van der Waals surface area contributed by atoms with E-state index < -0.39 is 10.0 Å². The van der Waals surface area contributed by atoms with E-state index in [-0.39, 0.29) is 10.8 Å². The number of sulfonamides is 1. The summed E-state index contributed by atoms with van der Waals surface area (Å²) in [5.74, 6) is 0.705. The van der Waals surface area contributed by atoms with Crippen LogP contribution in [0.4, 0.5) is 5.69 Å². The summed E-state index contributed by atoms with van der Waals surface area (Å²) in [7, 11) is -0.586. The van der Waals surface area contributed by atoms with Gasteiger partial charge in [-0.1, -0.05) is 18.2 Å². The van der Waals surface area contributed by atoms with Crippen LogP contribution >= 0.6 is 0 Å². The van der Waals surface area contributed by atoms with E-state index in [0.717, 1.165) is 34.0 Å². The Morgan fingerprint density at radius 3 is 2.57 bits per heavy atom. The average Bonchev–Trinajstić information content (AvgIpc) is 3.21. The van der Waals surface area contributed by atoms with Crippen molar-refractivity contribution in [2.45, 2.75) is 56.4 Å². The first-order valence-electron chi connectivity index (χ1n) is 10.3. The van der Waals surface area contributed by atoms with Crippen LogP contribution < -0.4 is 10.1 Å². The van der Waals surface area contributed by atoms with Gasteiger partial charge in [0.25, 0.3) is 0 Å². The fraction of sp³-hybridized carbons (Fsp3) is 0.435. The van der Waals surface area contributed by atoms with E-state index in [1.807, 2.05) is 31.2 Å². The summed E-state index contributed by atoms with van der Waals surface area (Å²) < 4.78 is 31.9. The van der Waals surface area contributed by atoms with Crippen LogP contribution in [0.1, 0.15) is 43.2 Å². The Bertz CT molecular complexity index is 996. The van der Waals surface area contributed by atoms with Gasteiger partial charge in [-0.2, -0.15) is 0 Å². The van der Waals surface area contributed by atoms with Crippen LogP contribution in [0.3, 0.4) is 0 Å². The maximum absolute atomic E-state index is 12.5. The van der Waals surface area contributed by atoms with E-state index in [2.05, 4.69) is 5.32 Å². The SMILES string of the molecule is Cc1ccc(S(=O)(=O)N(C)C)cc1NC(=O)CCc1cccc(OC2CCCC2)c1. The zero-order valence-corrected chi connectivity index (χ0v) is 18.7. The third-order valence-corrected chi connectivity index (χ3v) is 7.22. The lowest BCUT2D eigenvalue weighted by atomic mass is 10.1. The maximum atomic E-state index is 12.5. The number of hydrogen-bond donors (Lipinski definition) is 1. The van der Waals surface area contributed by atoms with Crippen LogP contribution in [-0.4, -0.2) is 38.8 Å². The fourth-order valence-corrected chi connectivity index (χ4v) is 4.48. The molecule has 0 aliphatic heterocycles. The van der Waals surface area contributed by atoms with Gasteiger partial charge in [-0.3, -0.25) is 4.79 Å².